The Balaban J connectivity index is 2.04. The van der Waals surface area contributed by atoms with Gasteiger partial charge in [0.15, 0.2) is 0 Å². The van der Waals surface area contributed by atoms with Crippen LogP contribution < -0.4 is 0 Å². The lowest BCUT2D eigenvalue weighted by atomic mass is 9.76. The lowest BCUT2D eigenvalue weighted by molar-refractivity contribution is -0.119. The van der Waals surface area contributed by atoms with E-state index in [1.54, 1.807) is 4.90 Å². The average Bonchev–Trinajstić information content (AvgIpc) is 2.55. The van der Waals surface area contributed by atoms with Crippen LogP contribution in [-0.2, 0) is 4.79 Å². The van der Waals surface area contributed by atoms with E-state index in [-0.39, 0.29) is 6.04 Å². The Kier molecular flexibility index (Phi) is 4.42. The van der Waals surface area contributed by atoms with Crippen LogP contribution in [0.1, 0.15) is 41.5 Å². The molecule has 0 aliphatic heterocycles. The van der Waals surface area contributed by atoms with Gasteiger partial charge >= 0.3 is 0 Å². The summed E-state index contributed by atoms with van der Waals surface area (Å²) in [5.41, 5.74) is 3.67. The van der Waals surface area contributed by atoms with Crippen molar-refractivity contribution in [1.29, 1.82) is 0 Å². The molecule has 0 spiro atoms. The van der Waals surface area contributed by atoms with E-state index in [9.17, 15) is 4.79 Å². The molecule has 2 aromatic carbocycles. The summed E-state index contributed by atoms with van der Waals surface area (Å²) in [6, 6.07) is 14.3. The van der Waals surface area contributed by atoms with Gasteiger partial charge < -0.3 is 4.90 Å². The van der Waals surface area contributed by atoms with Gasteiger partial charge in [-0.05, 0) is 41.7 Å². The van der Waals surface area contributed by atoms with Crippen LogP contribution in [0.15, 0.2) is 42.5 Å². The lowest BCUT2D eigenvalue weighted by Gasteiger charge is -2.35. The molecule has 2 nitrogen and oxygen atoms in total. The summed E-state index contributed by atoms with van der Waals surface area (Å²) in [6.45, 7) is 0. The molecule has 22 heavy (non-hydrogen) atoms. The number of carbonyl (C=O) groups excluding carboxylic acids is 1. The maximum absolute atomic E-state index is 11.1. The molecule has 0 heterocycles. The fraction of sp³-hybridized carbons (Fsp3) is 0.278. The van der Waals surface area contributed by atoms with Crippen LogP contribution in [-0.4, -0.2) is 18.4 Å². The number of hydrogen-bond acceptors (Lipinski definition) is 1. The number of rotatable bonds is 3. The third-order valence-corrected chi connectivity index (χ3v) is 5.20. The van der Waals surface area contributed by atoms with Crippen molar-refractivity contribution in [1.82, 2.24) is 4.90 Å². The van der Waals surface area contributed by atoms with E-state index in [0.717, 1.165) is 19.3 Å². The number of amides is 1. The minimum atomic E-state index is 0.146. The van der Waals surface area contributed by atoms with E-state index >= 15 is 0 Å². The van der Waals surface area contributed by atoms with Gasteiger partial charge in [-0.1, -0.05) is 53.5 Å². The highest BCUT2D eigenvalue weighted by molar-refractivity contribution is 6.42. The number of halogens is 2. The second-order valence-electron chi connectivity index (χ2n) is 5.72. The highest BCUT2D eigenvalue weighted by atomic mass is 35.5. The van der Waals surface area contributed by atoms with Gasteiger partial charge in [0.2, 0.25) is 6.41 Å². The molecule has 0 saturated carbocycles. The van der Waals surface area contributed by atoms with Crippen molar-refractivity contribution in [3.8, 4) is 0 Å². The van der Waals surface area contributed by atoms with E-state index in [4.69, 9.17) is 23.2 Å². The van der Waals surface area contributed by atoms with Crippen molar-refractivity contribution in [2.45, 2.75) is 24.8 Å². The average molecular weight is 334 g/mol. The minimum Gasteiger partial charge on any atom is -0.341 e. The van der Waals surface area contributed by atoms with Gasteiger partial charge in [-0.25, -0.2) is 0 Å². The zero-order valence-electron chi connectivity index (χ0n) is 12.3. The van der Waals surface area contributed by atoms with Crippen LogP contribution in [0.4, 0.5) is 0 Å². The maximum atomic E-state index is 11.1. The normalized spacial score (nSPS) is 20.3. The van der Waals surface area contributed by atoms with Crippen molar-refractivity contribution >= 4 is 29.6 Å². The molecular formula is C18H17Cl2NO. The van der Waals surface area contributed by atoms with Gasteiger partial charge in [0.25, 0.3) is 0 Å². The summed E-state index contributed by atoms with van der Waals surface area (Å²) in [5.74, 6) is 0.294. The Hall–Kier alpha value is -1.51. The van der Waals surface area contributed by atoms with Crippen molar-refractivity contribution in [3.05, 3.63) is 69.2 Å². The first-order valence-electron chi connectivity index (χ1n) is 7.33. The molecule has 2 atom stereocenters. The Labute approximate surface area is 140 Å². The molecule has 0 fully saturated rings. The molecule has 0 aromatic heterocycles. The second-order valence-corrected chi connectivity index (χ2v) is 6.53. The van der Waals surface area contributed by atoms with Gasteiger partial charge in [0.05, 0.1) is 16.1 Å². The number of benzene rings is 2. The van der Waals surface area contributed by atoms with Crippen LogP contribution in [0, 0.1) is 0 Å². The molecule has 1 aliphatic carbocycles. The van der Waals surface area contributed by atoms with E-state index in [1.807, 2.05) is 37.4 Å². The monoisotopic (exact) mass is 333 g/mol. The van der Waals surface area contributed by atoms with Crippen molar-refractivity contribution in [2.24, 2.45) is 0 Å². The predicted molar refractivity (Wildman–Crippen MR) is 90.5 cm³/mol. The standard InChI is InChI=1S/C18H17Cl2NO/c1-21(11-22)18-9-7-13(14-4-2-3-5-15(14)18)12-6-8-16(19)17(20)10-12/h2-6,8,10-11,13,18H,7,9H2,1H3/t13-,18-/m1/s1. The topological polar surface area (TPSA) is 20.3 Å². The largest absolute Gasteiger partial charge is 0.341 e. The van der Waals surface area contributed by atoms with E-state index < -0.39 is 0 Å². The highest BCUT2D eigenvalue weighted by Crippen LogP contribution is 2.43. The van der Waals surface area contributed by atoms with Crippen molar-refractivity contribution in [2.75, 3.05) is 7.05 Å². The molecule has 114 valence electrons. The first-order chi connectivity index (χ1) is 10.6. The third kappa shape index (κ3) is 2.73. The summed E-state index contributed by atoms with van der Waals surface area (Å²) in [5, 5.41) is 1.16. The summed E-state index contributed by atoms with van der Waals surface area (Å²) in [7, 11) is 1.84. The molecule has 4 heteroatoms. The third-order valence-electron chi connectivity index (χ3n) is 4.46. The molecule has 0 saturated heterocycles. The number of nitrogens with zero attached hydrogens (tertiary/aromatic N) is 1. The second kappa shape index (κ2) is 6.31. The summed E-state index contributed by atoms with van der Waals surface area (Å²) < 4.78 is 0. The first kappa shape index (κ1) is 15.4. The highest BCUT2D eigenvalue weighted by Gasteiger charge is 2.29. The first-order valence-corrected chi connectivity index (χ1v) is 8.08. The van der Waals surface area contributed by atoms with Gasteiger partial charge in [0.1, 0.15) is 0 Å². The molecule has 1 aliphatic rings. The summed E-state index contributed by atoms with van der Waals surface area (Å²) in [6.07, 6.45) is 2.83. The van der Waals surface area contributed by atoms with Gasteiger partial charge in [0, 0.05) is 13.0 Å². The minimum absolute atomic E-state index is 0.146. The van der Waals surface area contributed by atoms with E-state index in [1.165, 1.54) is 16.7 Å². The molecule has 3 rings (SSSR count). The van der Waals surface area contributed by atoms with Crippen molar-refractivity contribution < 1.29 is 4.79 Å². The summed E-state index contributed by atoms with van der Waals surface area (Å²) in [4.78, 5) is 12.9. The van der Waals surface area contributed by atoms with E-state index in [2.05, 4.69) is 12.1 Å². The Morgan fingerprint density at radius 3 is 2.45 bits per heavy atom. The Morgan fingerprint density at radius 1 is 1.05 bits per heavy atom. The van der Waals surface area contributed by atoms with Crippen LogP contribution in [0.5, 0.6) is 0 Å². The fourth-order valence-electron chi connectivity index (χ4n) is 3.34. The molecular weight excluding hydrogens is 317 g/mol. The molecule has 0 bridgehead atoms. The SMILES string of the molecule is CN(C=O)[C@@H]1CC[C@H](c2ccc(Cl)c(Cl)c2)c2ccccc21. The lowest BCUT2D eigenvalue weighted by Crippen LogP contribution is -2.28. The zero-order valence-corrected chi connectivity index (χ0v) is 13.8. The molecule has 0 radical (unpaired) electrons. The number of hydrogen-bond donors (Lipinski definition) is 0. The molecule has 1 amide bonds. The van der Waals surface area contributed by atoms with Crippen LogP contribution >= 0.6 is 23.2 Å². The van der Waals surface area contributed by atoms with Gasteiger partial charge in [-0.3, -0.25) is 4.79 Å². The molecule has 0 N–H and O–H groups in total. The number of fused-ring (bicyclic) bond motifs is 1. The van der Waals surface area contributed by atoms with Gasteiger partial charge in [-0.15, -0.1) is 0 Å². The van der Waals surface area contributed by atoms with Crippen molar-refractivity contribution in [3.63, 3.8) is 0 Å². The Morgan fingerprint density at radius 2 is 1.77 bits per heavy atom. The molecule has 2 aromatic rings. The zero-order chi connectivity index (χ0) is 15.7. The quantitative estimate of drug-likeness (QED) is 0.720. The Bertz CT molecular complexity index is 701. The number of carbonyl (C=O) groups is 1. The van der Waals surface area contributed by atoms with E-state index in [0.29, 0.717) is 16.0 Å². The predicted octanol–water partition coefficient (Wildman–Crippen LogP) is 5.05. The van der Waals surface area contributed by atoms with Crippen LogP contribution in [0.3, 0.4) is 0 Å². The summed E-state index contributed by atoms with van der Waals surface area (Å²) >= 11 is 12.2. The van der Waals surface area contributed by atoms with Crippen LogP contribution in [0.2, 0.25) is 10.0 Å². The van der Waals surface area contributed by atoms with Gasteiger partial charge in [-0.2, -0.15) is 0 Å². The smallest absolute Gasteiger partial charge is 0.209 e. The fourth-order valence-corrected chi connectivity index (χ4v) is 3.65. The van der Waals surface area contributed by atoms with Crippen LogP contribution in [0.25, 0.3) is 0 Å². The molecule has 0 unspecified atom stereocenters. The maximum Gasteiger partial charge on any atom is 0.209 e.